The van der Waals surface area contributed by atoms with Crippen LogP contribution in [0.3, 0.4) is 0 Å². The van der Waals surface area contributed by atoms with Crippen molar-refractivity contribution in [2.75, 3.05) is 11.1 Å². The van der Waals surface area contributed by atoms with Crippen LogP contribution in [0.4, 0.5) is 14.5 Å². The summed E-state index contributed by atoms with van der Waals surface area (Å²) in [4.78, 5) is 30.1. The van der Waals surface area contributed by atoms with Gasteiger partial charge in [0.2, 0.25) is 5.91 Å². The highest BCUT2D eigenvalue weighted by Gasteiger charge is 2.17. The summed E-state index contributed by atoms with van der Waals surface area (Å²) in [6, 6.07) is 10.3. The first-order valence-electron chi connectivity index (χ1n) is 9.28. The van der Waals surface area contributed by atoms with Crippen molar-refractivity contribution in [2.24, 2.45) is 0 Å². The monoisotopic (exact) mass is 457 g/mol. The van der Waals surface area contributed by atoms with E-state index in [0.717, 1.165) is 41.1 Å². The predicted octanol–water partition coefficient (Wildman–Crippen LogP) is 5.07. The van der Waals surface area contributed by atoms with E-state index >= 15 is 0 Å². The lowest BCUT2D eigenvalue weighted by Crippen LogP contribution is -2.22. The van der Waals surface area contributed by atoms with E-state index in [1.54, 1.807) is 11.4 Å². The van der Waals surface area contributed by atoms with Crippen molar-refractivity contribution in [2.45, 2.75) is 19.0 Å². The van der Waals surface area contributed by atoms with Crippen LogP contribution in [0.1, 0.15) is 11.1 Å². The zero-order valence-corrected chi connectivity index (χ0v) is 18.2. The molecular weight excluding hydrogens is 440 g/mol. The fraction of sp³-hybridized carbons (Fsp3) is 0.136. The minimum atomic E-state index is -0.732. The van der Waals surface area contributed by atoms with Gasteiger partial charge in [-0.05, 0) is 60.7 Å². The number of nitrogens with one attached hydrogen (secondary N) is 1. The molecular formula is C22H17F2N3O2S2. The Morgan fingerprint density at radius 2 is 1.87 bits per heavy atom. The van der Waals surface area contributed by atoms with Crippen LogP contribution < -0.4 is 10.9 Å². The summed E-state index contributed by atoms with van der Waals surface area (Å²) in [7, 11) is 0. The summed E-state index contributed by atoms with van der Waals surface area (Å²) < 4.78 is 29.2. The molecule has 0 spiro atoms. The van der Waals surface area contributed by atoms with Gasteiger partial charge in [-0.1, -0.05) is 17.8 Å². The summed E-state index contributed by atoms with van der Waals surface area (Å²) >= 11 is 2.36. The summed E-state index contributed by atoms with van der Waals surface area (Å²) in [6.07, 6.45) is 0. The number of benzene rings is 2. The molecule has 0 saturated carbocycles. The van der Waals surface area contributed by atoms with Gasteiger partial charge in [0.15, 0.2) is 5.16 Å². The zero-order valence-electron chi connectivity index (χ0n) is 16.6. The molecule has 2 heterocycles. The van der Waals surface area contributed by atoms with Crippen LogP contribution in [0.25, 0.3) is 15.9 Å². The molecule has 0 saturated heterocycles. The second kappa shape index (κ2) is 8.60. The molecule has 0 aliphatic heterocycles. The fourth-order valence-electron chi connectivity index (χ4n) is 3.21. The van der Waals surface area contributed by atoms with Gasteiger partial charge < -0.3 is 5.32 Å². The Bertz CT molecular complexity index is 1340. The Kier molecular flexibility index (Phi) is 5.88. The number of fused-ring (bicyclic) bond motifs is 1. The average Bonchev–Trinajstić information content (AvgIpc) is 3.17. The van der Waals surface area contributed by atoms with Gasteiger partial charge in [-0.3, -0.25) is 14.2 Å². The number of thioether (sulfide) groups is 1. The van der Waals surface area contributed by atoms with Gasteiger partial charge in [-0.15, -0.1) is 11.3 Å². The normalized spacial score (nSPS) is 11.1. The first-order valence-corrected chi connectivity index (χ1v) is 11.1. The van der Waals surface area contributed by atoms with E-state index in [9.17, 15) is 18.4 Å². The van der Waals surface area contributed by atoms with Crippen LogP contribution >= 0.6 is 23.1 Å². The van der Waals surface area contributed by atoms with Crippen LogP contribution in [0.15, 0.2) is 57.8 Å². The number of carbonyl (C=O) groups excluding carboxylic acids is 1. The molecule has 0 aliphatic carbocycles. The maximum absolute atomic E-state index is 13.8. The van der Waals surface area contributed by atoms with E-state index < -0.39 is 17.5 Å². The van der Waals surface area contributed by atoms with Crippen molar-refractivity contribution in [3.63, 3.8) is 0 Å². The van der Waals surface area contributed by atoms with Crippen molar-refractivity contribution < 1.29 is 13.6 Å². The Labute approximate surface area is 184 Å². The van der Waals surface area contributed by atoms with E-state index in [1.807, 2.05) is 32.0 Å². The molecule has 0 radical (unpaired) electrons. The number of aromatic nitrogens is 2. The maximum atomic E-state index is 13.8. The van der Waals surface area contributed by atoms with Gasteiger partial charge in [0.1, 0.15) is 16.3 Å². The van der Waals surface area contributed by atoms with Crippen LogP contribution in [-0.4, -0.2) is 21.2 Å². The van der Waals surface area contributed by atoms with Crippen molar-refractivity contribution in [3.05, 3.63) is 81.0 Å². The standard InChI is InChI=1S/C22H17F2N3O2S2/c1-12-7-13(2)9-15(8-12)27-21(29)20-17(5-6-30-20)26-22(27)31-11-19(28)25-18-10-14(23)3-4-16(18)24/h3-10H,11H2,1-2H3,(H,25,28). The average molecular weight is 458 g/mol. The Morgan fingerprint density at radius 3 is 2.61 bits per heavy atom. The SMILES string of the molecule is Cc1cc(C)cc(-n2c(SCC(=O)Nc3cc(F)ccc3F)nc3ccsc3c2=O)c1. The molecule has 0 atom stereocenters. The number of aryl methyl sites for hydroxylation is 2. The molecule has 1 N–H and O–H groups in total. The number of hydrogen-bond acceptors (Lipinski definition) is 5. The predicted molar refractivity (Wildman–Crippen MR) is 120 cm³/mol. The van der Waals surface area contributed by atoms with Gasteiger partial charge >= 0.3 is 0 Å². The Hall–Kier alpha value is -3.04. The van der Waals surface area contributed by atoms with Crippen molar-refractivity contribution in [1.82, 2.24) is 9.55 Å². The van der Waals surface area contributed by atoms with Gasteiger partial charge in [0, 0.05) is 6.07 Å². The van der Waals surface area contributed by atoms with E-state index in [-0.39, 0.29) is 17.0 Å². The van der Waals surface area contributed by atoms with Gasteiger partial charge in [-0.2, -0.15) is 0 Å². The molecule has 4 rings (SSSR count). The Balaban J connectivity index is 1.67. The summed E-state index contributed by atoms with van der Waals surface area (Å²) in [5.74, 6) is -2.06. The Morgan fingerprint density at radius 1 is 1.13 bits per heavy atom. The summed E-state index contributed by atoms with van der Waals surface area (Å²) in [6.45, 7) is 3.87. The largest absolute Gasteiger partial charge is 0.323 e. The number of nitrogens with zero attached hydrogens (tertiary/aromatic N) is 2. The number of anilines is 1. The third-order valence-corrected chi connectivity index (χ3v) is 6.28. The molecule has 5 nitrogen and oxygen atoms in total. The van der Waals surface area contributed by atoms with Crippen LogP contribution in [0.2, 0.25) is 0 Å². The highest BCUT2D eigenvalue weighted by Crippen LogP contribution is 2.25. The third kappa shape index (κ3) is 4.52. The minimum Gasteiger partial charge on any atom is -0.323 e. The number of hydrogen-bond donors (Lipinski definition) is 1. The second-order valence-corrected chi connectivity index (χ2v) is 8.84. The van der Waals surface area contributed by atoms with Crippen LogP contribution in [-0.2, 0) is 4.79 Å². The maximum Gasteiger partial charge on any atom is 0.276 e. The molecule has 4 aromatic rings. The fourth-order valence-corrected chi connectivity index (χ4v) is 4.78. The highest BCUT2D eigenvalue weighted by molar-refractivity contribution is 7.99. The molecule has 31 heavy (non-hydrogen) atoms. The highest BCUT2D eigenvalue weighted by atomic mass is 32.2. The molecule has 158 valence electrons. The molecule has 9 heteroatoms. The minimum absolute atomic E-state index is 0.136. The van der Waals surface area contributed by atoms with Gasteiger partial charge in [0.25, 0.3) is 5.56 Å². The third-order valence-electron chi connectivity index (χ3n) is 4.45. The molecule has 1 amide bonds. The molecule has 0 fully saturated rings. The molecule has 0 aliphatic rings. The number of halogens is 2. The van der Waals surface area contributed by atoms with Crippen molar-refractivity contribution in [1.29, 1.82) is 0 Å². The van der Waals surface area contributed by atoms with Crippen LogP contribution in [0.5, 0.6) is 0 Å². The van der Waals surface area contributed by atoms with Crippen molar-refractivity contribution >= 4 is 44.9 Å². The van der Waals surface area contributed by atoms with E-state index in [1.165, 1.54) is 15.9 Å². The topological polar surface area (TPSA) is 64.0 Å². The van der Waals surface area contributed by atoms with Gasteiger partial charge in [0.05, 0.1) is 22.6 Å². The number of carbonyl (C=O) groups is 1. The lowest BCUT2D eigenvalue weighted by molar-refractivity contribution is -0.113. The number of thiophene rings is 1. The molecule has 2 aromatic heterocycles. The number of rotatable bonds is 5. The second-order valence-electron chi connectivity index (χ2n) is 6.98. The van der Waals surface area contributed by atoms with E-state index in [2.05, 4.69) is 10.3 Å². The quantitative estimate of drug-likeness (QED) is 0.336. The number of amides is 1. The van der Waals surface area contributed by atoms with Crippen LogP contribution in [0, 0.1) is 25.5 Å². The first kappa shape index (κ1) is 21.2. The van der Waals surface area contributed by atoms with E-state index in [4.69, 9.17) is 0 Å². The van der Waals surface area contributed by atoms with Crippen molar-refractivity contribution in [3.8, 4) is 5.69 Å². The molecule has 0 bridgehead atoms. The van der Waals surface area contributed by atoms with E-state index in [0.29, 0.717) is 21.1 Å². The lowest BCUT2D eigenvalue weighted by Gasteiger charge is -2.13. The smallest absolute Gasteiger partial charge is 0.276 e. The summed E-state index contributed by atoms with van der Waals surface area (Å²) in [5, 5.41) is 4.49. The first-order chi connectivity index (χ1) is 14.8. The molecule has 2 aromatic carbocycles. The lowest BCUT2D eigenvalue weighted by atomic mass is 10.1. The molecule has 0 unspecified atom stereocenters. The van der Waals surface area contributed by atoms with Gasteiger partial charge in [-0.25, -0.2) is 13.8 Å². The zero-order chi connectivity index (χ0) is 22.1. The summed E-state index contributed by atoms with van der Waals surface area (Å²) in [5.41, 5.74) is 2.73.